The maximum atomic E-state index is 12.7. The monoisotopic (exact) mass is 422 g/mol. The molecule has 2 fully saturated rings. The second kappa shape index (κ2) is 8.66. The van der Waals surface area contributed by atoms with Crippen LogP contribution in [0.3, 0.4) is 0 Å². The summed E-state index contributed by atoms with van der Waals surface area (Å²) >= 11 is 1.29. The molecular formula is C19H26N4O5S. The van der Waals surface area contributed by atoms with Gasteiger partial charge in [0.05, 0.1) is 23.9 Å². The molecule has 9 nitrogen and oxygen atoms in total. The van der Waals surface area contributed by atoms with Crippen molar-refractivity contribution < 1.29 is 23.8 Å². The van der Waals surface area contributed by atoms with Gasteiger partial charge in [-0.3, -0.25) is 4.98 Å². The van der Waals surface area contributed by atoms with E-state index in [1.54, 1.807) is 11.1 Å². The number of hydrogen-bond acceptors (Lipinski definition) is 7. The van der Waals surface area contributed by atoms with Crippen molar-refractivity contribution in [2.24, 2.45) is 5.73 Å². The van der Waals surface area contributed by atoms with Crippen LogP contribution in [0.1, 0.15) is 43.7 Å². The number of methoxy groups -OCH3 is 1. The summed E-state index contributed by atoms with van der Waals surface area (Å²) in [5.41, 5.74) is 6.20. The van der Waals surface area contributed by atoms with Crippen LogP contribution in [0.4, 0.5) is 15.3 Å². The molecule has 3 aliphatic heterocycles. The van der Waals surface area contributed by atoms with Gasteiger partial charge >= 0.3 is 12.1 Å². The van der Waals surface area contributed by atoms with Gasteiger partial charge in [0.1, 0.15) is 5.69 Å². The number of urea groups is 1. The van der Waals surface area contributed by atoms with Crippen LogP contribution < -0.4 is 15.4 Å². The molecule has 1 atom stereocenters. The number of ether oxygens (including phenoxy) is 3. The highest BCUT2D eigenvalue weighted by atomic mass is 32.2. The van der Waals surface area contributed by atoms with Crippen molar-refractivity contribution in [3.05, 3.63) is 11.9 Å². The molecule has 0 aromatic carbocycles. The summed E-state index contributed by atoms with van der Waals surface area (Å²) in [5, 5.41) is 0. The average Bonchev–Trinajstić information content (AvgIpc) is 3.13. The number of pyridine rings is 1. The van der Waals surface area contributed by atoms with E-state index < -0.39 is 17.7 Å². The molecule has 0 saturated carbocycles. The highest BCUT2D eigenvalue weighted by Gasteiger charge is 2.42. The molecule has 1 aromatic rings. The summed E-state index contributed by atoms with van der Waals surface area (Å²) in [7, 11) is 1.52. The molecule has 29 heavy (non-hydrogen) atoms. The first-order valence-electron chi connectivity index (χ1n) is 9.95. The van der Waals surface area contributed by atoms with Gasteiger partial charge in [-0.1, -0.05) is 11.8 Å². The third-order valence-corrected chi connectivity index (χ3v) is 6.70. The van der Waals surface area contributed by atoms with E-state index in [0.717, 1.165) is 42.7 Å². The number of anilines is 1. The van der Waals surface area contributed by atoms with Crippen LogP contribution in [0.15, 0.2) is 11.1 Å². The van der Waals surface area contributed by atoms with Crippen LogP contribution in [-0.2, 0) is 9.47 Å². The lowest BCUT2D eigenvalue weighted by molar-refractivity contribution is 0.0839. The van der Waals surface area contributed by atoms with Crippen molar-refractivity contribution in [3.8, 4) is 5.75 Å². The minimum Gasteiger partial charge on any atom is -0.493 e. The number of carbonyl (C=O) groups is 2. The fourth-order valence-corrected chi connectivity index (χ4v) is 5.32. The van der Waals surface area contributed by atoms with Crippen LogP contribution in [0, 0.1) is 0 Å². The molecule has 3 amide bonds. The fourth-order valence-electron chi connectivity index (χ4n) is 4.02. The average molecular weight is 423 g/mol. The largest absolute Gasteiger partial charge is 0.493 e. The summed E-state index contributed by atoms with van der Waals surface area (Å²) in [6.07, 6.45) is 5.90. The van der Waals surface area contributed by atoms with Gasteiger partial charge in [0.25, 0.3) is 0 Å². The van der Waals surface area contributed by atoms with E-state index in [0.29, 0.717) is 37.7 Å². The second-order valence-corrected chi connectivity index (χ2v) is 8.39. The number of carbonyl (C=O) groups excluding carboxylic acids is 2. The Morgan fingerprint density at radius 1 is 1.24 bits per heavy atom. The van der Waals surface area contributed by atoms with Gasteiger partial charge in [-0.25, -0.2) is 14.5 Å². The van der Waals surface area contributed by atoms with Gasteiger partial charge in [-0.2, -0.15) is 0 Å². The molecule has 4 heterocycles. The smallest absolute Gasteiger partial charge is 0.412 e. The van der Waals surface area contributed by atoms with Gasteiger partial charge in [-0.15, -0.1) is 0 Å². The van der Waals surface area contributed by atoms with Gasteiger partial charge in [0, 0.05) is 32.2 Å². The Morgan fingerprint density at radius 2 is 1.97 bits per heavy atom. The highest BCUT2D eigenvalue weighted by molar-refractivity contribution is 8.00. The normalized spacial score (nSPS) is 22.3. The summed E-state index contributed by atoms with van der Waals surface area (Å²) in [4.78, 5) is 33.4. The first kappa shape index (κ1) is 20.1. The van der Waals surface area contributed by atoms with Crippen LogP contribution in [0.5, 0.6) is 5.75 Å². The molecule has 1 aromatic heterocycles. The number of rotatable bonds is 3. The van der Waals surface area contributed by atoms with E-state index >= 15 is 0 Å². The topological polar surface area (TPSA) is 107 Å². The Kier molecular flexibility index (Phi) is 6.00. The fraction of sp³-hybridized carbons (Fsp3) is 0.632. The summed E-state index contributed by atoms with van der Waals surface area (Å²) in [6.45, 7) is 2.67. The highest BCUT2D eigenvalue weighted by Crippen LogP contribution is 2.52. The van der Waals surface area contributed by atoms with Gasteiger partial charge < -0.3 is 24.8 Å². The maximum absolute atomic E-state index is 12.7. The van der Waals surface area contributed by atoms with Crippen molar-refractivity contribution >= 4 is 29.6 Å². The van der Waals surface area contributed by atoms with Crippen molar-refractivity contribution in [3.63, 3.8) is 0 Å². The number of amides is 3. The molecule has 2 saturated heterocycles. The molecule has 0 spiro atoms. The Labute approximate surface area is 173 Å². The van der Waals surface area contributed by atoms with E-state index in [9.17, 15) is 9.59 Å². The number of piperidine rings is 1. The number of aromatic nitrogens is 1. The molecule has 0 bridgehead atoms. The molecule has 0 radical (unpaired) electrons. The zero-order valence-electron chi connectivity index (χ0n) is 16.5. The molecule has 0 aliphatic carbocycles. The zero-order chi connectivity index (χ0) is 20.4. The molecule has 1 unspecified atom stereocenters. The molecule has 158 valence electrons. The Hall–Kier alpha value is -2.20. The third kappa shape index (κ3) is 3.95. The molecule has 2 N–H and O–H groups in total. The van der Waals surface area contributed by atoms with Crippen molar-refractivity contribution in [1.82, 2.24) is 9.88 Å². The van der Waals surface area contributed by atoms with Crippen molar-refractivity contribution in [2.45, 2.75) is 48.5 Å². The first-order valence-corrected chi connectivity index (χ1v) is 10.8. The summed E-state index contributed by atoms with van der Waals surface area (Å²) in [6, 6.07) is -0.699. The summed E-state index contributed by atoms with van der Waals surface area (Å²) in [5.74, 6) is 0.640. The predicted octanol–water partition coefficient (Wildman–Crippen LogP) is 2.88. The zero-order valence-corrected chi connectivity index (χ0v) is 17.3. The Balaban J connectivity index is 1.64. The Morgan fingerprint density at radius 3 is 2.62 bits per heavy atom. The molecule has 10 heteroatoms. The van der Waals surface area contributed by atoms with E-state index in [4.69, 9.17) is 19.9 Å². The molecule has 3 aliphatic rings. The van der Waals surface area contributed by atoms with E-state index in [-0.39, 0.29) is 5.92 Å². The van der Waals surface area contributed by atoms with Crippen LogP contribution in [0.25, 0.3) is 0 Å². The second-order valence-electron chi connectivity index (χ2n) is 7.34. The Bertz CT molecular complexity index is 780. The summed E-state index contributed by atoms with van der Waals surface area (Å²) < 4.78 is 16.6. The van der Waals surface area contributed by atoms with Crippen LogP contribution in [-0.4, -0.2) is 61.0 Å². The quantitative estimate of drug-likeness (QED) is 0.798. The standard InChI is InChI=1S/C19H26N4O5S/c1-26-13-11-21-14(12-5-9-27-10-6-12)16-15(13)23(17(20)24)19(29-16)28-18(25)22-7-3-2-4-8-22/h11-12,19H,2-10H2,1H3,(H2,20,24). The van der Waals surface area contributed by atoms with Gasteiger partial charge in [0.15, 0.2) is 5.75 Å². The van der Waals surface area contributed by atoms with Crippen LogP contribution >= 0.6 is 11.8 Å². The maximum Gasteiger partial charge on any atom is 0.412 e. The van der Waals surface area contributed by atoms with E-state index in [2.05, 4.69) is 4.98 Å². The number of likely N-dealkylation sites (tertiary alicyclic amines) is 1. The number of thioether (sulfide) groups is 1. The number of fused-ring (bicyclic) bond motifs is 1. The predicted molar refractivity (Wildman–Crippen MR) is 107 cm³/mol. The number of nitrogens with two attached hydrogens (primary N) is 1. The van der Waals surface area contributed by atoms with Gasteiger partial charge in [-0.05, 0) is 32.1 Å². The molecule has 4 rings (SSSR count). The lowest BCUT2D eigenvalue weighted by Crippen LogP contribution is -2.45. The van der Waals surface area contributed by atoms with E-state index in [1.807, 2.05) is 0 Å². The van der Waals surface area contributed by atoms with Crippen molar-refractivity contribution in [2.75, 3.05) is 38.3 Å². The number of primary amides is 1. The lowest BCUT2D eigenvalue weighted by atomic mass is 9.95. The third-order valence-electron chi connectivity index (χ3n) is 5.55. The van der Waals surface area contributed by atoms with Gasteiger partial charge in [0.2, 0.25) is 5.56 Å². The number of hydrogen-bond donors (Lipinski definition) is 1. The number of nitrogens with zero attached hydrogens (tertiary/aromatic N) is 3. The molecular weight excluding hydrogens is 396 g/mol. The van der Waals surface area contributed by atoms with E-state index in [1.165, 1.54) is 23.8 Å². The van der Waals surface area contributed by atoms with Crippen molar-refractivity contribution in [1.29, 1.82) is 0 Å². The minimum absolute atomic E-state index is 0.210. The first-order chi connectivity index (χ1) is 14.1. The SMILES string of the molecule is COc1cnc(C2CCOCC2)c2c1N(C(N)=O)C(OC(=O)N1CCCCC1)S2. The lowest BCUT2D eigenvalue weighted by Gasteiger charge is -2.29. The van der Waals surface area contributed by atoms with Crippen LogP contribution in [0.2, 0.25) is 0 Å². The minimum atomic E-state index is -0.881.